The molecule has 0 spiro atoms. The number of fused-ring (bicyclic) bond motifs is 6. The Morgan fingerprint density at radius 2 is 0.942 bits per heavy atom. The third kappa shape index (κ3) is 6.04. The average Bonchev–Trinajstić information content (AvgIpc) is 3.64. The van der Waals surface area contributed by atoms with Crippen molar-refractivity contribution in [3.63, 3.8) is 0 Å². The van der Waals surface area contributed by atoms with Crippen molar-refractivity contribution in [2.45, 2.75) is 123 Å². The van der Waals surface area contributed by atoms with Crippen LogP contribution in [-0.2, 0) is 30.8 Å². The molecule has 52 heavy (non-hydrogen) atoms. The van der Waals surface area contributed by atoms with Gasteiger partial charge in [-0.25, -0.2) is 0 Å². The van der Waals surface area contributed by atoms with Crippen LogP contribution < -0.4 is 0 Å². The number of benzene rings is 4. The predicted molar refractivity (Wildman–Crippen MR) is 225 cm³/mol. The molecule has 1 heteroatoms. The molecule has 0 bridgehead atoms. The zero-order chi connectivity index (χ0) is 37.7. The molecule has 272 valence electrons. The van der Waals surface area contributed by atoms with Crippen molar-refractivity contribution in [1.29, 1.82) is 0 Å². The quantitative estimate of drug-likeness (QED) is 0.170. The molecule has 1 saturated heterocycles. The molecule has 0 radical (unpaired) electrons. The molecule has 1 aliphatic heterocycles. The van der Waals surface area contributed by atoms with Crippen LogP contribution in [0.3, 0.4) is 0 Å². The minimum atomic E-state index is -3.24. The van der Waals surface area contributed by atoms with E-state index in [1.807, 2.05) is 0 Å². The molecule has 0 aromatic heterocycles. The van der Waals surface area contributed by atoms with E-state index >= 15 is 0 Å². The van der Waals surface area contributed by atoms with E-state index in [1.165, 1.54) is 68.5 Å². The molecule has 4 aromatic rings. The summed E-state index contributed by atoms with van der Waals surface area (Å²) in [4.78, 5) is 0. The Morgan fingerprint density at radius 3 is 1.27 bits per heavy atom. The third-order valence-electron chi connectivity index (χ3n) is 13.0. The molecule has 0 nitrogen and oxygen atoms in total. The van der Waals surface area contributed by atoms with Crippen molar-refractivity contribution in [1.82, 2.24) is 0 Å². The summed E-state index contributed by atoms with van der Waals surface area (Å²) in [5.41, 5.74) is 21.4. The van der Waals surface area contributed by atoms with Crippen molar-refractivity contribution < 1.29 is 20.0 Å². The number of aryl methyl sites for hydroxylation is 2. The topological polar surface area (TPSA) is 0 Å². The van der Waals surface area contributed by atoms with Crippen LogP contribution in [0.25, 0.3) is 34.4 Å². The first kappa shape index (κ1) is 37.5. The maximum atomic E-state index is 2.81. The molecule has 0 amide bonds. The normalized spacial score (nSPS) is 20.0. The molecule has 2 aliphatic carbocycles. The van der Waals surface area contributed by atoms with Crippen molar-refractivity contribution in [3.05, 3.63) is 128 Å². The van der Waals surface area contributed by atoms with Gasteiger partial charge < -0.3 is 0 Å². The van der Waals surface area contributed by atoms with E-state index in [0.717, 1.165) is 0 Å². The first-order chi connectivity index (χ1) is 24.3. The molecule has 2 unspecified atom stereocenters. The summed E-state index contributed by atoms with van der Waals surface area (Å²) in [7, 11) is 0. The minimum absolute atomic E-state index is 0.0516. The monoisotopic (exact) mass is 856 g/mol. The summed E-state index contributed by atoms with van der Waals surface area (Å²) in [5.74, 6) is 1.20. The summed E-state index contributed by atoms with van der Waals surface area (Å²) in [6.45, 7) is 28.5. The van der Waals surface area contributed by atoms with Gasteiger partial charge in [-0.05, 0) is 0 Å². The van der Waals surface area contributed by atoms with Gasteiger partial charge in [-0.1, -0.05) is 0 Å². The van der Waals surface area contributed by atoms with Gasteiger partial charge in [0.2, 0.25) is 0 Å². The second-order valence-electron chi connectivity index (χ2n) is 20.3. The molecule has 4 aromatic carbocycles. The van der Waals surface area contributed by atoms with Gasteiger partial charge >= 0.3 is 324 Å². The molecule has 0 saturated carbocycles. The summed E-state index contributed by atoms with van der Waals surface area (Å²) in [5, 5.41) is 0. The van der Waals surface area contributed by atoms with Gasteiger partial charge in [0, 0.05) is 0 Å². The van der Waals surface area contributed by atoms with Gasteiger partial charge in [0.25, 0.3) is 0 Å². The number of hydrogen-bond donors (Lipinski definition) is 0. The first-order valence-corrected chi connectivity index (χ1v) is 31.5. The molecule has 1 heterocycles. The van der Waals surface area contributed by atoms with E-state index in [2.05, 4.69) is 177 Å². The first-order valence-electron chi connectivity index (χ1n) is 20.2. The van der Waals surface area contributed by atoms with Gasteiger partial charge in [-0.2, -0.15) is 0 Å². The predicted octanol–water partition coefficient (Wildman–Crippen LogP) is 15.2. The van der Waals surface area contributed by atoms with Crippen LogP contribution in [0.1, 0.15) is 134 Å². The van der Waals surface area contributed by atoms with Crippen LogP contribution in [0.2, 0.25) is 9.36 Å². The summed E-state index contributed by atoms with van der Waals surface area (Å²) >= 11 is -3.24. The van der Waals surface area contributed by atoms with E-state index in [4.69, 9.17) is 0 Å². The van der Waals surface area contributed by atoms with Gasteiger partial charge in [0.05, 0.1) is 0 Å². The second kappa shape index (κ2) is 12.9. The second-order valence-corrected chi connectivity index (χ2v) is 37.6. The SMILES string of the molecule is Cc1cc(C(C)(C)C)ccc1-c1cccc2c1C=C1[CH]2[Hf]([CH3])([CH3])[CH]2C(=Cc3c(-c4ccc(C(C)(C)C)cc4C)cccc32)C1(CC(C)C)CC(C)C. The third-order valence-corrected chi connectivity index (χ3v) is 28.2. The van der Waals surface area contributed by atoms with Crippen LogP contribution in [-0.4, -0.2) is 0 Å². The van der Waals surface area contributed by atoms with E-state index < -0.39 is 20.0 Å². The van der Waals surface area contributed by atoms with Gasteiger partial charge in [0.1, 0.15) is 0 Å². The number of allylic oxidation sites excluding steroid dienone is 2. The van der Waals surface area contributed by atoms with Gasteiger partial charge in [0.15, 0.2) is 0 Å². The number of rotatable bonds is 6. The van der Waals surface area contributed by atoms with Crippen LogP contribution in [0.15, 0.2) is 83.9 Å². The fourth-order valence-corrected chi connectivity index (χ4v) is 28.0. The summed E-state index contributed by atoms with van der Waals surface area (Å²) < 4.78 is 6.79. The Hall–Kier alpha value is -2.77. The van der Waals surface area contributed by atoms with Gasteiger partial charge in [-0.15, -0.1) is 0 Å². The fraction of sp³-hybridized carbons (Fsp3) is 0.451. The van der Waals surface area contributed by atoms with E-state index in [1.54, 1.807) is 22.3 Å². The number of hydrogen-bond acceptors (Lipinski definition) is 0. The van der Waals surface area contributed by atoms with Gasteiger partial charge in [-0.3, -0.25) is 0 Å². The Bertz CT molecular complexity index is 1960. The van der Waals surface area contributed by atoms with E-state index in [9.17, 15) is 0 Å². The summed E-state index contributed by atoms with van der Waals surface area (Å²) in [6.07, 6.45) is 7.95. The van der Waals surface area contributed by atoms with Crippen molar-refractivity contribution in [2.75, 3.05) is 0 Å². The van der Waals surface area contributed by atoms with E-state index in [-0.39, 0.29) is 16.2 Å². The Kier molecular flexibility index (Phi) is 9.33. The zero-order valence-corrected chi connectivity index (χ0v) is 38.4. The average molecular weight is 856 g/mol. The van der Waals surface area contributed by atoms with Crippen LogP contribution >= 0.6 is 0 Å². The molecular weight excluding hydrogens is 791 g/mol. The Morgan fingerprint density at radius 1 is 0.558 bits per heavy atom. The van der Waals surface area contributed by atoms with Crippen LogP contribution in [0, 0.1) is 31.1 Å². The summed E-state index contributed by atoms with van der Waals surface area (Å²) in [6, 6.07) is 29.1. The molecule has 1 fully saturated rings. The molecular formula is C51H64Hf. The molecule has 3 aliphatic rings. The van der Waals surface area contributed by atoms with Crippen molar-refractivity contribution >= 4 is 12.2 Å². The Labute approximate surface area is 321 Å². The molecule has 7 rings (SSSR count). The molecule has 2 atom stereocenters. The Balaban J connectivity index is 1.47. The zero-order valence-electron chi connectivity index (χ0n) is 34.8. The van der Waals surface area contributed by atoms with Crippen LogP contribution in [0.5, 0.6) is 0 Å². The maximum absolute atomic E-state index is 3.24. The molecule has 0 N–H and O–H groups in total. The van der Waals surface area contributed by atoms with Crippen LogP contribution in [0.4, 0.5) is 0 Å². The standard InChI is InChI=1S/C49H58.2CH3.Hf/c1-31(2)29-49(30-32(3)4,39-25-35-15-13-17-43(45(35)27-39)41-21-19-37(23-33(41)5)47(7,8)9)40-26-36-16-14-18-44(46(36)28-40)42-22-20-38(24-34(42)6)48(10,11)12;;;/h13-28,31-32H,29-30H2,1-12H3;2*1H3;. The van der Waals surface area contributed by atoms with E-state index in [0.29, 0.717) is 19.2 Å². The fourth-order valence-electron chi connectivity index (χ4n) is 10.9. The van der Waals surface area contributed by atoms with Crippen molar-refractivity contribution in [3.8, 4) is 22.3 Å². The van der Waals surface area contributed by atoms with Crippen molar-refractivity contribution in [2.24, 2.45) is 17.3 Å².